The minimum atomic E-state index is 0. The molecule has 0 saturated heterocycles. The maximum atomic E-state index is 8.22. The summed E-state index contributed by atoms with van der Waals surface area (Å²) in [6.45, 7) is 2.13. The molecule has 1 aromatic rings. The molecule has 0 fully saturated rings. The van der Waals surface area contributed by atoms with Crippen LogP contribution in [-0.2, 0) is 23.2 Å². The van der Waals surface area contributed by atoms with E-state index in [1.165, 1.54) is 20.7 Å². The summed E-state index contributed by atoms with van der Waals surface area (Å²) in [7, 11) is 1.46. The van der Waals surface area contributed by atoms with Crippen LogP contribution in [0, 0.1) is 13.5 Å². The van der Waals surface area contributed by atoms with Crippen molar-refractivity contribution >= 4 is 37.4 Å². The fourth-order valence-electron chi connectivity index (χ4n) is 0.546. The Labute approximate surface area is 131 Å². The van der Waals surface area contributed by atoms with Gasteiger partial charge in [0.1, 0.15) is 0 Å². The predicted molar refractivity (Wildman–Crippen MR) is 65.0 cm³/mol. The summed E-state index contributed by atoms with van der Waals surface area (Å²) in [4.78, 5) is 0. The van der Waals surface area contributed by atoms with E-state index in [1.54, 1.807) is 0 Å². The van der Waals surface area contributed by atoms with Crippen LogP contribution < -0.4 is 0 Å². The molecule has 0 heterocycles. The van der Waals surface area contributed by atoms with Gasteiger partial charge in [-0.25, -0.2) is 0 Å². The van der Waals surface area contributed by atoms with Crippen molar-refractivity contribution in [3.8, 4) is 0 Å². The second-order valence-corrected chi connectivity index (χ2v) is 2.22. The second-order valence-electron chi connectivity index (χ2n) is 2.22. The Morgan fingerprint density at radius 3 is 2.00 bits per heavy atom. The summed E-state index contributed by atoms with van der Waals surface area (Å²) in [5, 5.41) is 0. The molecule has 4 heteroatoms. The van der Waals surface area contributed by atoms with E-state index in [1.807, 2.05) is 30.3 Å². The molecule has 0 aliphatic carbocycles. The third-order valence-electron chi connectivity index (χ3n) is 1.16. The number of unbranched alkanes of at least 4 members (excludes halogenated alkanes) is 1. The van der Waals surface area contributed by atoms with Crippen LogP contribution in [-0.4, -0.2) is 38.7 Å². The van der Waals surface area contributed by atoms with Crippen LogP contribution in [0.3, 0.4) is 0 Å². The first kappa shape index (κ1) is 21.1. The van der Waals surface area contributed by atoms with Crippen LogP contribution >= 0.6 is 0 Å². The van der Waals surface area contributed by atoms with Crippen molar-refractivity contribution in [1.29, 1.82) is 1.34 Å². The van der Waals surface area contributed by atoms with Crippen LogP contribution in [0.1, 0.15) is 19.8 Å². The molecule has 0 bridgehead atoms. The normalized spacial score (nSPS) is 7.00. The second kappa shape index (κ2) is 29.3. The Kier molecular flexibility index (Phi) is 41.3. The molecule has 0 aliphatic rings. The fraction of sp³-hybridized carbons (Fsp3) is 0.364. The van der Waals surface area contributed by atoms with Crippen LogP contribution in [0.2, 0.25) is 6.32 Å². The minimum absolute atomic E-state index is 0. The van der Waals surface area contributed by atoms with Gasteiger partial charge in [0.25, 0.3) is 0 Å². The average molecular weight is 397 g/mol. The molecule has 1 rings (SSSR count). The van der Waals surface area contributed by atoms with E-state index >= 15 is 0 Å². The van der Waals surface area contributed by atoms with Gasteiger partial charge in [0.05, 0.1) is 7.81 Å². The Hall–Kier alpha value is 0.773. The van der Waals surface area contributed by atoms with Crippen LogP contribution in [0.25, 0.3) is 0 Å². The van der Waals surface area contributed by atoms with E-state index in [0.717, 1.165) is 26.1 Å². The molecular formula is C11H18BNaOPt-2. The molecule has 15 heavy (non-hydrogen) atoms. The van der Waals surface area contributed by atoms with Crippen molar-refractivity contribution in [2.45, 2.75) is 26.1 Å². The van der Waals surface area contributed by atoms with Crippen LogP contribution in [0.15, 0.2) is 30.3 Å². The summed E-state index contributed by atoms with van der Waals surface area (Å²) in [6, 6.07) is 12.5. The molecule has 84 valence electrons. The van der Waals surface area contributed by atoms with Crippen LogP contribution in [0.4, 0.5) is 0 Å². The minimum Gasteiger partial charge on any atom is -0.184 e. The van der Waals surface area contributed by atoms with Gasteiger partial charge in [0, 0.05) is 29.6 Å². The third-order valence-corrected chi connectivity index (χ3v) is 1.16. The number of rotatable bonds is 3. The van der Waals surface area contributed by atoms with E-state index in [2.05, 4.69) is 13.0 Å². The first-order valence-corrected chi connectivity index (χ1v) is 5.08. The Balaban J connectivity index is -0.0000000703. The molecule has 0 atom stereocenters. The molecular weight excluding hydrogens is 377 g/mol. The SMILES string of the molecule is [3H][B]CCCC.[CH3-].[Na].[O]=[Pt].[c-]1ccccc1. The summed E-state index contributed by atoms with van der Waals surface area (Å²) in [5.41, 5.74) is 0. The van der Waals surface area contributed by atoms with Crippen molar-refractivity contribution < 1.29 is 23.2 Å². The Morgan fingerprint density at radius 2 is 1.87 bits per heavy atom. The topological polar surface area (TPSA) is 17.1 Å². The quantitative estimate of drug-likeness (QED) is 0.436. The van der Waals surface area contributed by atoms with Gasteiger partial charge in [0.15, 0.2) is 0 Å². The first-order valence-electron chi connectivity index (χ1n) is 4.73. The van der Waals surface area contributed by atoms with Crippen molar-refractivity contribution in [3.63, 3.8) is 0 Å². The van der Waals surface area contributed by atoms with Crippen LogP contribution in [0.5, 0.6) is 0 Å². The van der Waals surface area contributed by atoms with Gasteiger partial charge in [-0.15, -0.1) is 0 Å². The molecule has 0 aliphatic heterocycles. The maximum absolute atomic E-state index is 8.22. The summed E-state index contributed by atoms with van der Waals surface area (Å²) in [6.07, 6.45) is 3.33. The zero-order valence-electron chi connectivity index (χ0n) is 10.8. The first-order chi connectivity index (χ1) is 6.91. The molecule has 0 unspecified atom stereocenters. The van der Waals surface area contributed by atoms with Crippen molar-refractivity contribution in [3.05, 3.63) is 43.8 Å². The monoisotopic (exact) mass is 397 g/mol. The van der Waals surface area contributed by atoms with Gasteiger partial charge in [-0.1, -0.05) is 26.1 Å². The van der Waals surface area contributed by atoms with Gasteiger partial charge in [-0.3, -0.25) is 0 Å². The largest absolute Gasteiger partial charge is 0.184 e. The number of benzene rings is 1. The smallest absolute Gasteiger partial charge is 0.171 e. The molecule has 0 N–H and O–H groups in total. The third kappa shape index (κ3) is 31.3. The number of hydrogen-bond donors (Lipinski definition) is 0. The van der Waals surface area contributed by atoms with E-state index in [-0.39, 0.29) is 37.0 Å². The molecule has 1 aromatic carbocycles. The molecule has 0 aromatic heterocycles. The Morgan fingerprint density at radius 1 is 1.33 bits per heavy atom. The van der Waals surface area contributed by atoms with Crippen molar-refractivity contribution in [1.82, 2.24) is 0 Å². The molecule has 0 spiro atoms. The van der Waals surface area contributed by atoms with Gasteiger partial charge < -0.3 is 7.43 Å². The predicted octanol–water partition coefficient (Wildman–Crippen LogP) is 2.54. The van der Waals surface area contributed by atoms with Crippen molar-refractivity contribution in [2.24, 2.45) is 0 Å². The van der Waals surface area contributed by atoms with Gasteiger partial charge in [-0.05, 0) is 1.34 Å². The molecule has 0 amide bonds. The molecule has 2 radical (unpaired) electrons. The van der Waals surface area contributed by atoms with Gasteiger partial charge in [-0.2, -0.15) is 36.4 Å². The van der Waals surface area contributed by atoms with Gasteiger partial charge in [0.2, 0.25) is 0 Å². The van der Waals surface area contributed by atoms with Gasteiger partial charge >= 0.3 is 23.2 Å². The zero-order chi connectivity index (χ0) is 11.1. The standard InChI is InChI=1S/C6H5.C4H10B.CH3.Na.O.Pt/c1-2-4-6-5-3-1;1-2-3-4-5;;;;/h1-5H;5H,2-4H2,1H3;1H3;;;/q-1;;-1;;;/i;5T;;;;. The fourth-order valence-corrected chi connectivity index (χ4v) is 0.546. The molecule has 0 saturated carbocycles. The van der Waals surface area contributed by atoms with E-state index in [0.29, 0.717) is 0 Å². The maximum Gasteiger partial charge on any atom is -0.171 e. The Bertz CT molecular complexity index is 150. The number of hydrogen-bond acceptors (Lipinski definition) is 1. The summed E-state index contributed by atoms with van der Waals surface area (Å²) < 4.78 is 14.8. The molecule has 1 nitrogen and oxygen atoms in total. The van der Waals surface area contributed by atoms with E-state index < -0.39 is 0 Å². The average Bonchev–Trinajstić information content (AvgIpc) is 2.32. The van der Waals surface area contributed by atoms with Crippen molar-refractivity contribution in [2.75, 3.05) is 0 Å². The zero-order valence-corrected chi connectivity index (χ0v) is 14.1. The van der Waals surface area contributed by atoms with E-state index in [9.17, 15) is 0 Å². The summed E-state index contributed by atoms with van der Waals surface area (Å²) in [5.74, 6) is 0. The van der Waals surface area contributed by atoms with E-state index in [4.69, 9.17) is 4.73 Å². The summed E-state index contributed by atoms with van der Waals surface area (Å²) >= 11 is 0.889.